The van der Waals surface area contributed by atoms with Crippen molar-refractivity contribution in [3.63, 3.8) is 0 Å². The van der Waals surface area contributed by atoms with Gasteiger partial charge in [-0.3, -0.25) is 0 Å². The fourth-order valence-electron chi connectivity index (χ4n) is 3.52. The molecule has 1 fully saturated rings. The zero-order valence-electron chi connectivity index (χ0n) is 12.4. The highest BCUT2D eigenvalue weighted by atomic mass is 15.1. The summed E-state index contributed by atoms with van der Waals surface area (Å²) in [6.07, 6.45) is 1.29. The van der Waals surface area contributed by atoms with Gasteiger partial charge < -0.3 is 10.2 Å². The highest BCUT2D eigenvalue weighted by Crippen LogP contribution is 2.35. The Hall–Kier alpha value is -0.860. The van der Waals surface area contributed by atoms with Crippen molar-refractivity contribution in [1.29, 1.82) is 0 Å². The Labute approximate surface area is 111 Å². The molecule has 2 nitrogen and oxygen atoms in total. The van der Waals surface area contributed by atoms with E-state index >= 15 is 0 Å². The van der Waals surface area contributed by atoms with E-state index in [0.29, 0.717) is 6.04 Å². The van der Waals surface area contributed by atoms with E-state index in [-0.39, 0.29) is 0 Å². The van der Waals surface area contributed by atoms with Gasteiger partial charge in [0.05, 0.1) is 0 Å². The quantitative estimate of drug-likeness (QED) is 0.882. The highest BCUT2D eigenvalue weighted by molar-refractivity contribution is 5.40. The maximum Gasteiger partial charge on any atom is 0.0388 e. The molecule has 1 aliphatic rings. The normalized spacial score (nSPS) is 21.6. The van der Waals surface area contributed by atoms with Crippen molar-refractivity contribution in [1.82, 2.24) is 10.2 Å². The lowest BCUT2D eigenvalue weighted by molar-refractivity contribution is 0.221. The van der Waals surface area contributed by atoms with E-state index < -0.39 is 0 Å². The van der Waals surface area contributed by atoms with Gasteiger partial charge in [0.25, 0.3) is 0 Å². The second-order valence-electron chi connectivity index (χ2n) is 5.97. The summed E-state index contributed by atoms with van der Waals surface area (Å²) >= 11 is 0. The van der Waals surface area contributed by atoms with E-state index in [0.717, 1.165) is 12.5 Å². The molecule has 1 heterocycles. The van der Waals surface area contributed by atoms with E-state index in [2.05, 4.69) is 57.2 Å². The van der Waals surface area contributed by atoms with E-state index in [1.165, 1.54) is 29.7 Å². The van der Waals surface area contributed by atoms with Gasteiger partial charge in [-0.05, 0) is 77.0 Å². The number of hydrogen-bond donors (Lipinski definition) is 1. The summed E-state index contributed by atoms with van der Waals surface area (Å²) in [7, 11) is 4.42. The molecule has 2 rings (SSSR count). The summed E-state index contributed by atoms with van der Waals surface area (Å²) < 4.78 is 0. The molecule has 1 aromatic carbocycles. The third kappa shape index (κ3) is 2.60. The van der Waals surface area contributed by atoms with Crippen molar-refractivity contribution in [2.45, 2.75) is 33.2 Å². The number of nitrogens with one attached hydrogen (secondary N) is 1. The molecular formula is C16H26N2. The zero-order valence-corrected chi connectivity index (χ0v) is 12.4. The summed E-state index contributed by atoms with van der Waals surface area (Å²) in [5.41, 5.74) is 5.80. The van der Waals surface area contributed by atoms with Crippen molar-refractivity contribution in [2.75, 3.05) is 27.2 Å². The predicted molar refractivity (Wildman–Crippen MR) is 78.1 cm³/mol. The van der Waals surface area contributed by atoms with Crippen LogP contribution in [0.4, 0.5) is 0 Å². The van der Waals surface area contributed by atoms with Crippen molar-refractivity contribution < 1.29 is 0 Å². The van der Waals surface area contributed by atoms with Crippen LogP contribution in [0.5, 0.6) is 0 Å². The fraction of sp³-hybridized carbons (Fsp3) is 0.625. The zero-order chi connectivity index (χ0) is 13.3. The molecule has 2 unspecified atom stereocenters. The van der Waals surface area contributed by atoms with Gasteiger partial charge in [0.2, 0.25) is 0 Å². The molecule has 0 radical (unpaired) electrons. The average Bonchev–Trinajstić information content (AvgIpc) is 2.75. The molecule has 1 saturated heterocycles. The molecule has 0 bridgehead atoms. The SMILES string of the molecule is Cc1cc(C)c(C(C2CCNC2)N(C)C)c(C)c1. The van der Waals surface area contributed by atoms with Crippen molar-refractivity contribution in [2.24, 2.45) is 5.92 Å². The Morgan fingerprint density at radius 1 is 1.17 bits per heavy atom. The first-order chi connectivity index (χ1) is 8.50. The molecule has 100 valence electrons. The first-order valence-corrected chi connectivity index (χ1v) is 6.95. The van der Waals surface area contributed by atoms with Gasteiger partial charge in [-0.15, -0.1) is 0 Å². The Balaban J connectivity index is 2.42. The molecule has 0 spiro atoms. The number of benzene rings is 1. The average molecular weight is 246 g/mol. The monoisotopic (exact) mass is 246 g/mol. The largest absolute Gasteiger partial charge is 0.316 e. The lowest BCUT2D eigenvalue weighted by Crippen LogP contribution is -2.30. The molecule has 0 amide bonds. The molecule has 0 saturated carbocycles. The molecule has 1 N–H and O–H groups in total. The summed E-state index contributed by atoms with van der Waals surface area (Å²) in [5.74, 6) is 0.736. The molecular weight excluding hydrogens is 220 g/mol. The van der Waals surface area contributed by atoms with Crippen LogP contribution >= 0.6 is 0 Å². The van der Waals surface area contributed by atoms with Gasteiger partial charge >= 0.3 is 0 Å². The van der Waals surface area contributed by atoms with Crippen LogP contribution in [0.1, 0.15) is 34.7 Å². The number of nitrogens with zero attached hydrogens (tertiary/aromatic N) is 1. The first kappa shape index (κ1) is 13.6. The molecule has 0 aromatic heterocycles. The molecule has 1 aromatic rings. The van der Waals surface area contributed by atoms with Crippen molar-refractivity contribution in [3.8, 4) is 0 Å². The summed E-state index contributed by atoms with van der Waals surface area (Å²) in [5, 5.41) is 3.50. The van der Waals surface area contributed by atoms with Crippen LogP contribution in [0.3, 0.4) is 0 Å². The van der Waals surface area contributed by atoms with Crippen LogP contribution in [0.2, 0.25) is 0 Å². The minimum atomic E-state index is 0.542. The van der Waals surface area contributed by atoms with Crippen LogP contribution in [0, 0.1) is 26.7 Å². The van der Waals surface area contributed by atoms with Gasteiger partial charge in [0.15, 0.2) is 0 Å². The number of aryl methyl sites for hydroxylation is 3. The number of rotatable bonds is 3. The van der Waals surface area contributed by atoms with E-state index in [9.17, 15) is 0 Å². The molecule has 2 atom stereocenters. The van der Waals surface area contributed by atoms with Crippen molar-refractivity contribution >= 4 is 0 Å². The van der Waals surface area contributed by atoms with Crippen LogP contribution in [0.25, 0.3) is 0 Å². The maximum absolute atomic E-state index is 3.50. The van der Waals surface area contributed by atoms with Gasteiger partial charge in [-0.2, -0.15) is 0 Å². The maximum atomic E-state index is 3.50. The smallest absolute Gasteiger partial charge is 0.0388 e. The Morgan fingerprint density at radius 2 is 1.78 bits per heavy atom. The highest BCUT2D eigenvalue weighted by Gasteiger charge is 2.29. The van der Waals surface area contributed by atoms with E-state index in [1.54, 1.807) is 5.56 Å². The van der Waals surface area contributed by atoms with E-state index in [1.807, 2.05) is 0 Å². The topological polar surface area (TPSA) is 15.3 Å². The second-order valence-corrected chi connectivity index (χ2v) is 5.97. The predicted octanol–water partition coefficient (Wildman–Crippen LogP) is 2.82. The van der Waals surface area contributed by atoms with Gasteiger partial charge in [0, 0.05) is 6.04 Å². The molecule has 2 heteroatoms. The third-order valence-corrected chi connectivity index (χ3v) is 4.14. The van der Waals surface area contributed by atoms with Crippen molar-refractivity contribution in [3.05, 3.63) is 34.4 Å². The van der Waals surface area contributed by atoms with Crippen LogP contribution in [-0.4, -0.2) is 32.1 Å². The minimum Gasteiger partial charge on any atom is -0.316 e. The Kier molecular flexibility index (Phi) is 4.08. The van der Waals surface area contributed by atoms with E-state index in [4.69, 9.17) is 0 Å². The summed E-state index contributed by atoms with van der Waals surface area (Å²) in [6.45, 7) is 9.02. The summed E-state index contributed by atoms with van der Waals surface area (Å²) in [6, 6.07) is 5.18. The standard InChI is InChI=1S/C16H26N2/c1-11-8-12(2)15(13(3)9-11)16(18(4)5)14-6-7-17-10-14/h8-9,14,16-17H,6-7,10H2,1-5H3. The third-order valence-electron chi connectivity index (χ3n) is 4.14. The summed E-state index contributed by atoms with van der Waals surface area (Å²) in [4.78, 5) is 2.39. The fourth-order valence-corrected chi connectivity index (χ4v) is 3.52. The first-order valence-electron chi connectivity index (χ1n) is 6.95. The van der Waals surface area contributed by atoms with Crippen LogP contribution in [-0.2, 0) is 0 Å². The van der Waals surface area contributed by atoms with Gasteiger partial charge in [-0.1, -0.05) is 17.7 Å². The molecule has 0 aliphatic carbocycles. The van der Waals surface area contributed by atoms with Crippen LogP contribution in [0.15, 0.2) is 12.1 Å². The molecule has 1 aliphatic heterocycles. The second kappa shape index (κ2) is 5.41. The van der Waals surface area contributed by atoms with Gasteiger partial charge in [0.1, 0.15) is 0 Å². The lowest BCUT2D eigenvalue weighted by Gasteiger charge is -2.32. The van der Waals surface area contributed by atoms with Gasteiger partial charge in [-0.25, -0.2) is 0 Å². The minimum absolute atomic E-state index is 0.542. The Bertz CT molecular complexity index is 394. The Morgan fingerprint density at radius 3 is 2.22 bits per heavy atom. The number of hydrogen-bond acceptors (Lipinski definition) is 2. The van der Waals surface area contributed by atoms with Crippen LogP contribution < -0.4 is 5.32 Å². The lowest BCUT2D eigenvalue weighted by atomic mass is 9.85. The molecule has 18 heavy (non-hydrogen) atoms.